The first kappa shape index (κ1) is 9.94. The zero-order chi connectivity index (χ0) is 8.85. The van der Waals surface area contributed by atoms with Gasteiger partial charge in [-0.25, -0.2) is 4.79 Å². The summed E-state index contributed by atoms with van der Waals surface area (Å²) in [6.07, 6.45) is 0.710. The fraction of sp³-hybridized carbons (Fsp3) is 0.714. The minimum Gasteiger partial charge on any atom is -0.328 e. The summed E-state index contributed by atoms with van der Waals surface area (Å²) in [6.45, 7) is 2.69. The van der Waals surface area contributed by atoms with Gasteiger partial charge in [0.1, 0.15) is 6.29 Å². The molecule has 0 fully saturated rings. The zero-order valence-corrected chi connectivity index (χ0v) is 7.20. The van der Waals surface area contributed by atoms with Gasteiger partial charge in [-0.3, -0.25) is 0 Å². The largest absolute Gasteiger partial charge is 0.328 e. The van der Waals surface area contributed by atoms with Crippen molar-refractivity contribution in [1.82, 2.24) is 9.80 Å². The normalized spacial score (nSPS) is 9.00. The SMILES string of the molecule is CCN(C)C(=O)N(C)CC=O. The van der Waals surface area contributed by atoms with E-state index in [0.717, 1.165) is 0 Å². The molecule has 0 heterocycles. The number of carbonyl (C=O) groups is 2. The predicted molar refractivity (Wildman–Crippen MR) is 42.4 cm³/mol. The van der Waals surface area contributed by atoms with Gasteiger partial charge in [-0.2, -0.15) is 0 Å². The van der Waals surface area contributed by atoms with Crippen molar-refractivity contribution in [1.29, 1.82) is 0 Å². The van der Waals surface area contributed by atoms with E-state index in [0.29, 0.717) is 12.8 Å². The molecule has 0 N–H and O–H groups in total. The van der Waals surface area contributed by atoms with Crippen LogP contribution in [-0.2, 0) is 4.79 Å². The van der Waals surface area contributed by atoms with Gasteiger partial charge in [0.05, 0.1) is 6.54 Å². The molecular formula is C7H14N2O2. The molecule has 0 spiro atoms. The molecule has 0 aliphatic rings. The first-order chi connectivity index (χ1) is 5.13. The van der Waals surface area contributed by atoms with E-state index in [1.807, 2.05) is 6.92 Å². The molecule has 0 aromatic carbocycles. The Balaban J connectivity index is 3.90. The number of nitrogens with zero attached hydrogens (tertiary/aromatic N) is 2. The number of hydrogen-bond donors (Lipinski definition) is 0. The van der Waals surface area contributed by atoms with E-state index in [1.54, 1.807) is 19.0 Å². The quantitative estimate of drug-likeness (QED) is 0.550. The van der Waals surface area contributed by atoms with E-state index >= 15 is 0 Å². The summed E-state index contributed by atoms with van der Waals surface area (Å²) in [6, 6.07) is -0.125. The van der Waals surface area contributed by atoms with Gasteiger partial charge in [0.2, 0.25) is 0 Å². The molecule has 2 amide bonds. The summed E-state index contributed by atoms with van der Waals surface area (Å²) in [7, 11) is 3.30. The highest BCUT2D eigenvalue weighted by Gasteiger charge is 2.10. The van der Waals surface area contributed by atoms with Gasteiger partial charge in [-0.05, 0) is 6.92 Å². The Morgan fingerprint density at radius 1 is 1.36 bits per heavy atom. The van der Waals surface area contributed by atoms with E-state index in [2.05, 4.69) is 0 Å². The van der Waals surface area contributed by atoms with Crippen LogP contribution in [0.25, 0.3) is 0 Å². The van der Waals surface area contributed by atoms with Crippen molar-refractivity contribution in [3.8, 4) is 0 Å². The second kappa shape index (κ2) is 4.71. The maximum atomic E-state index is 11.2. The summed E-state index contributed by atoms with van der Waals surface area (Å²) < 4.78 is 0. The molecule has 4 heteroatoms. The summed E-state index contributed by atoms with van der Waals surface area (Å²) >= 11 is 0. The van der Waals surface area contributed by atoms with Crippen molar-refractivity contribution < 1.29 is 9.59 Å². The highest BCUT2D eigenvalue weighted by Crippen LogP contribution is 1.90. The fourth-order valence-corrected chi connectivity index (χ4v) is 0.617. The Labute approximate surface area is 66.8 Å². The van der Waals surface area contributed by atoms with Gasteiger partial charge < -0.3 is 14.6 Å². The number of aldehydes is 1. The molecule has 0 rings (SSSR count). The lowest BCUT2D eigenvalue weighted by Gasteiger charge is -2.21. The molecule has 4 nitrogen and oxygen atoms in total. The van der Waals surface area contributed by atoms with Crippen LogP contribution >= 0.6 is 0 Å². The monoisotopic (exact) mass is 158 g/mol. The van der Waals surface area contributed by atoms with Crippen molar-refractivity contribution in [3.63, 3.8) is 0 Å². The van der Waals surface area contributed by atoms with Gasteiger partial charge in [0, 0.05) is 20.6 Å². The molecule has 0 unspecified atom stereocenters. The van der Waals surface area contributed by atoms with Crippen LogP contribution < -0.4 is 0 Å². The zero-order valence-electron chi connectivity index (χ0n) is 7.20. The topological polar surface area (TPSA) is 40.6 Å². The molecule has 0 atom stereocenters. The standard InChI is InChI=1S/C7H14N2O2/c1-4-8(2)7(11)9(3)5-6-10/h6H,4-5H2,1-3H3. The Morgan fingerprint density at radius 3 is 2.27 bits per heavy atom. The van der Waals surface area contributed by atoms with Crippen LogP contribution in [0.5, 0.6) is 0 Å². The highest BCUT2D eigenvalue weighted by molar-refractivity contribution is 5.76. The van der Waals surface area contributed by atoms with E-state index in [4.69, 9.17) is 0 Å². The van der Waals surface area contributed by atoms with Gasteiger partial charge in [-0.15, -0.1) is 0 Å². The van der Waals surface area contributed by atoms with Crippen LogP contribution in [0.15, 0.2) is 0 Å². The molecule has 0 aromatic heterocycles. The Hall–Kier alpha value is -1.06. The molecule has 0 bridgehead atoms. The number of amides is 2. The Kier molecular flexibility index (Phi) is 4.26. The van der Waals surface area contributed by atoms with Crippen LogP contribution in [-0.4, -0.2) is 49.3 Å². The molecular weight excluding hydrogens is 144 g/mol. The molecule has 0 aliphatic carbocycles. The summed E-state index contributed by atoms with van der Waals surface area (Å²) in [4.78, 5) is 24.1. The number of carbonyl (C=O) groups excluding carboxylic acids is 2. The second-order valence-electron chi connectivity index (χ2n) is 2.34. The Bertz CT molecular complexity index is 147. The van der Waals surface area contributed by atoms with Crippen LogP contribution in [0.2, 0.25) is 0 Å². The van der Waals surface area contributed by atoms with Crippen molar-refractivity contribution in [2.45, 2.75) is 6.92 Å². The van der Waals surface area contributed by atoms with E-state index < -0.39 is 0 Å². The molecule has 11 heavy (non-hydrogen) atoms. The maximum Gasteiger partial charge on any atom is 0.319 e. The van der Waals surface area contributed by atoms with Crippen molar-refractivity contribution in [2.75, 3.05) is 27.2 Å². The summed E-state index contributed by atoms with van der Waals surface area (Å²) in [5.74, 6) is 0. The first-order valence-electron chi connectivity index (χ1n) is 3.53. The maximum absolute atomic E-state index is 11.2. The second-order valence-corrected chi connectivity index (χ2v) is 2.34. The molecule has 0 aliphatic heterocycles. The number of rotatable bonds is 3. The number of urea groups is 1. The summed E-state index contributed by atoms with van der Waals surface area (Å²) in [5.41, 5.74) is 0. The van der Waals surface area contributed by atoms with Crippen LogP contribution in [0.1, 0.15) is 6.92 Å². The van der Waals surface area contributed by atoms with Crippen LogP contribution in [0, 0.1) is 0 Å². The minimum absolute atomic E-state index is 0.125. The van der Waals surface area contributed by atoms with Crippen molar-refractivity contribution in [3.05, 3.63) is 0 Å². The minimum atomic E-state index is -0.125. The van der Waals surface area contributed by atoms with Gasteiger partial charge in [0.15, 0.2) is 0 Å². The third kappa shape index (κ3) is 3.02. The van der Waals surface area contributed by atoms with Crippen LogP contribution in [0.4, 0.5) is 4.79 Å². The first-order valence-corrected chi connectivity index (χ1v) is 3.53. The average molecular weight is 158 g/mol. The lowest BCUT2D eigenvalue weighted by Crippen LogP contribution is -2.39. The molecule has 0 saturated carbocycles. The molecule has 64 valence electrons. The van der Waals surface area contributed by atoms with Crippen molar-refractivity contribution >= 4 is 12.3 Å². The van der Waals surface area contributed by atoms with E-state index in [1.165, 1.54) is 4.90 Å². The molecule has 0 saturated heterocycles. The average Bonchev–Trinajstić information content (AvgIpc) is 2.02. The van der Waals surface area contributed by atoms with Crippen LogP contribution in [0.3, 0.4) is 0 Å². The number of hydrogen-bond acceptors (Lipinski definition) is 2. The Morgan fingerprint density at radius 2 is 1.91 bits per heavy atom. The molecule has 0 aromatic rings. The lowest BCUT2D eigenvalue weighted by atomic mass is 10.5. The smallest absolute Gasteiger partial charge is 0.319 e. The van der Waals surface area contributed by atoms with Crippen molar-refractivity contribution in [2.24, 2.45) is 0 Å². The molecule has 0 radical (unpaired) electrons. The fourth-order valence-electron chi connectivity index (χ4n) is 0.617. The van der Waals surface area contributed by atoms with Gasteiger partial charge in [-0.1, -0.05) is 0 Å². The van der Waals surface area contributed by atoms with Gasteiger partial charge >= 0.3 is 6.03 Å². The van der Waals surface area contributed by atoms with E-state index in [-0.39, 0.29) is 12.6 Å². The third-order valence-corrected chi connectivity index (χ3v) is 1.48. The van der Waals surface area contributed by atoms with Gasteiger partial charge in [0.25, 0.3) is 0 Å². The summed E-state index contributed by atoms with van der Waals surface area (Å²) in [5, 5.41) is 0. The van der Waals surface area contributed by atoms with E-state index in [9.17, 15) is 9.59 Å². The third-order valence-electron chi connectivity index (χ3n) is 1.48. The number of likely N-dealkylation sites (N-methyl/N-ethyl adjacent to an activating group) is 1. The lowest BCUT2D eigenvalue weighted by molar-refractivity contribution is -0.108. The predicted octanol–water partition coefficient (Wildman–Crippen LogP) is 0.189. The highest BCUT2D eigenvalue weighted by atomic mass is 16.2.